The van der Waals surface area contributed by atoms with Crippen LogP contribution in [-0.2, 0) is 0 Å². The number of ketones is 1. The third-order valence-corrected chi connectivity index (χ3v) is 3.28. The molecule has 0 spiro atoms. The molecule has 2 rings (SSSR count). The minimum atomic E-state index is -0.252. The molecular formula is C14H11Cl2NO2. The van der Waals surface area contributed by atoms with Crippen molar-refractivity contribution in [2.45, 2.75) is 0 Å². The Hall–Kier alpha value is -1.71. The van der Waals surface area contributed by atoms with E-state index in [2.05, 4.69) is 0 Å². The number of halogens is 2. The molecule has 0 radical (unpaired) electrons. The first kappa shape index (κ1) is 13.7. The van der Waals surface area contributed by atoms with Gasteiger partial charge in [0.1, 0.15) is 5.75 Å². The van der Waals surface area contributed by atoms with Crippen molar-refractivity contribution >= 4 is 34.7 Å². The van der Waals surface area contributed by atoms with Crippen molar-refractivity contribution in [1.29, 1.82) is 0 Å². The summed E-state index contributed by atoms with van der Waals surface area (Å²) in [6.07, 6.45) is 0. The van der Waals surface area contributed by atoms with E-state index < -0.39 is 0 Å². The molecule has 5 heteroatoms. The van der Waals surface area contributed by atoms with Gasteiger partial charge in [0.2, 0.25) is 0 Å². The van der Waals surface area contributed by atoms with Gasteiger partial charge in [-0.05, 0) is 36.4 Å². The van der Waals surface area contributed by atoms with Gasteiger partial charge in [0.25, 0.3) is 0 Å². The van der Waals surface area contributed by atoms with Crippen LogP contribution in [0.1, 0.15) is 15.9 Å². The zero-order chi connectivity index (χ0) is 14.0. The number of benzene rings is 2. The van der Waals surface area contributed by atoms with Gasteiger partial charge in [-0.1, -0.05) is 23.2 Å². The highest BCUT2D eigenvalue weighted by atomic mass is 35.5. The Kier molecular flexibility index (Phi) is 3.98. The highest BCUT2D eigenvalue weighted by Crippen LogP contribution is 2.27. The lowest BCUT2D eigenvalue weighted by Crippen LogP contribution is -2.04. The van der Waals surface area contributed by atoms with Crippen molar-refractivity contribution < 1.29 is 9.53 Å². The predicted molar refractivity (Wildman–Crippen MR) is 77.3 cm³/mol. The quantitative estimate of drug-likeness (QED) is 0.692. The number of nitrogens with two attached hydrogens (primary N) is 1. The molecular weight excluding hydrogens is 285 g/mol. The van der Waals surface area contributed by atoms with Crippen LogP contribution in [0.5, 0.6) is 5.75 Å². The molecule has 0 bridgehead atoms. The molecule has 98 valence electrons. The molecule has 0 aromatic heterocycles. The molecule has 2 aromatic carbocycles. The summed E-state index contributed by atoms with van der Waals surface area (Å²) in [5, 5.41) is 0.620. The second-order valence-corrected chi connectivity index (χ2v) is 4.73. The first-order valence-electron chi connectivity index (χ1n) is 5.46. The maximum atomic E-state index is 12.3. The van der Waals surface area contributed by atoms with Crippen LogP contribution in [0.4, 0.5) is 5.69 Å². The molecule has 3 nitrogen and oxygen atoms in total. The van der Waals surface area contributed by atoms with Gasteiger partial charge < -0.3 is 10.5 Å². The van der Waals surface area contributed by atoms with Gasteiger partial charge in [-0.3, -0.25) is 4.79 Å². The average molecular weight is 296 g/mol. The normalized spacial score (nSPS) is 10.3. The van der Waals surface area contributed by atoms with Gasteiger partial charge in [0.15, 0.2) is 5.78 Å². The summed E-state index contributed by atoms with van der Waals surface area (Å²) in [6, 6.07) is 9.60. The molecule has 0 atom stereocenters. The van der Waals surface area contributed by atoms with E-state index in [-0.39, 0.29) is 5.78 Å². The van der Waals surface area contributed by atoms with E-state index >= 15 is 0 Å². The molecule has 0 heterocycles. The maximum Gasteiger partial charge on any atom is 0.196 e. The topological polar surface area (TPSA) is 52.3 Å². The third kappa shape index (κ3) is 2.83. The first-order chi connectivity index (χ1) is 9.02. The van der Waals surface area contributed by atoms with Crippen LogP contribution in [0, 0.1) is 0 Å². The Morgan fingerprint density at radius 2 is 1.63 bits per heavy atom. The number of methoxy groups -OCH3 is 1. The van der Waals surface area contributed by atoms with Gasteiger partial charge in [-0.2, -0.15) is 0 Å². The second-order valence-electron chi connectivity index (χ2n) is 3.91. The largest absolute Gasteiger partial charge is 0.497 e. The molecule has 0 saturated carbocycles. The third-order valence-electron chi connectivity index (χ3n) is 2.66. The van der Waals surface area contributed by atoms with Crippen molar-refractivity contribution in [3.63, 3.8) is 0 Å². The van der Waals surface area contributed by atoms with Crippen LogP contribution in [0.15, 0.2) is 36.4 Å². The van der Waals surface area contributed by atoms with Crippen LogP contribution in [-0.4, -0.2) is 12.9 Å². The van der Waals surface area contributed by atoms with Gasteiger partial charge in [-0.25, -0.2) is 0 Å². The number of carbonyl (C=O) groups is 1. The number of ether oxygens (including phenoxy) is 1. The van der Waals surface area contributed by atoms with E-state index in [0.717, 1.165) is 0 Å². The van der Waals surface area contributed by atoms with E-state index in [0.29, 0.717) is 32.6 Å². The summed E-state index contributed by atoms with van der Waals surface area (Å²) in [5.74, 6) is 0.336. The van der Waals surface area contributed by atoms with Gasteiger partial charge in [-0.15, -0.1) is 0 Å². The Balaban J connectivity index is 2.44. The van der Waals surface area contributed by atoms with Gasteiger partial charge in [0, 0.05) is 16.8 Å². The fraction of sp³-hybridized carbons (Fsp3) is 0.0714. The van der Waals surface area contributed by atoms with E-state index in [4.69, 9.17) is 33.7 Å². The zero-order valence-electron chi connectivity index (χ0n) is 10.1. The minimum Gasteiger partial charge on any atom is -0.497 e. The second kappa shape index (κ2) is 5.51. The summed E-state index contributed by atoms with van der Waals surface area (Å²) in [5.41, 5.74) is 6.83. The number of hydrogen-bond acceptors (Lipinski definition) is 3. The highest BCUT2D eigenvalue weighted by molar-refractivity contribution is 6.38. The molecule has 0 unspecified atom stereocenters. The molecule has 2 aromatic rings. The monoisotopic (exact) mass is 295 g/mol. The summed E-state index contributed by atoms with van der Waals surface area (Å²) in [7, 11) is 1.53. The van der Waals surface area contributed by atoms with E-state index in [1.54, 1.807) is 30.3 Å². The highest BCUT2D eigenvalue weighted by Gasteiger charge is 2.16. The Bertz CT molecular complexity index is 641. The van der Waals surface area contributed by atoms with Crippen LogP contribution >= 0.6 is 23.2 Å². The Morgan fingerprint density at radius 1 is 1.05 bits per heavy atom. The van der Waals surface area contributed by atoms with E-state index in [1.807, 2.05) is 0 Å². The molecule has 0 fully saturated rings. The standard InChI is InChI=1S/C14H11Cl2NO2/c1-19-9-3-5-11(13(16)7-9)14(18)10-4-2-8(17)6-12(10)15/h2-7H,17H2,1H3. The number of nitrogen functional groups attached to an aromatic ring is 1. The fourth-order valence-corrected chi connectivity index (χ4v) is 2.20. The molecule has 0 aliphatic heterocycles. The number of hydrogen-bond donors (Lipinski definition) is 1. The lowest BCUT2D eigenvalue weighted by atomic mass is 10.0. The Morgan fingerprint density at radius 3 is 2.16 bits per heavy atom. The van der Waals surface area contributed by atoms with Crippen molar-refractivity contribution in [1.82, 2.24) is 0 Å². The van der Waals surface area contributed by atoms with Crippen LogP contribution < -0.4 is 10.5 Å². The van der Waals surface area contributed by atoms with Crippen molar-refractivity contribution in [3.8, 4) is 5.75 Å². The van der Waals surface area contributed by atoms with Crippen molar-refractivity contribution in [2.75, 3.05) is 12.8 Å². The molecule has 2 N–H and O–H groups in total. The Labute approximate surface area is 120 Å². The lowest BCUT2D eigenvalue weighted by molar-refractivity contribution is 0.103. The fourth-order valence-electron chi connectivity index (χ4n) is 1.67. The van der Waals surface area contributed by atoms with Gasteiger partial charge in [0.05, 0.1) is 17.2 Å². The summed E-state index contributed by atoms with van der Waals surface area (Å²) >= 11 is 12.1. The first-order valence-corrected chi connectivity index (χ1v) is 6.22. The lowest BCUT2D eigenvalue weighted by Gasteiger charge is -2.08. The van der Waals surface area contributed by atoms with Crippen LogP contribution in [0.2, 0.25) is 10.0 Å². The van der Waals surface area contributed by atoms with Gasteiger partial charge >= 0.3 is 0 Å². The van der Waals surface area contributed by atoms with E-state index in [1.165, 1.54) is 13.2 Å². The SMILES string of the molecule is COc1ccc(C(=O)c2ccc(N)cc2Cl)c(Cl)c1. The summed E-state index contributed by atoms with van der Waals surface area (Å²) < 4.78 is 5.04. The van der Waals surface area contributed by atoms with Crippen LogP contribution in [0.3, 0.4) is 0 Å². The molecule has 0 amide bonds. The number of carbonyl (C=O) groups excluding carboxylic acids is 1. The molecule has 0 aliphatic rings. The number of rotatable bonds is 3. The smallest absolute Gasteiger partial charge is 0.196 e. The summed E-state index contributed by atoms with van der Waals surface area (Å²) in [6.45, 7) is 0. The van der Waals surface area contributed by atoms with Crippen molar-refractivity contribution in [2.24, 2.45) is 0 Å². The summed E-state index contributed by atoms with van der Waals surface area (Å²) in [4.78, 5) is 12.3. The molecule has 19 heavy (non-hydrogen) atoms. The average Bonchev–Trinajstić information content (AvgIpc) is 2.37. The zero-order valence-corrected chi connectivity index (χ0v) is 11.6. The van der Waals surface area contributed by atoms with E-state index in [9.17, 15) is 4.79 Å². The van der Waals surface area contributed by atoms with Crippen LogP contribution in [0.25, 0.3) is 0 Å². The predicted octanol–water partition coefficient (Wildman–Crippen LogP) is 3.82. The van der Waals surface area contributed by atoms with Crippen molar-refractivity contribution in [3.05, 3.63) is 57.6 Å². The minimum absolute atomic E-state index is 0.252. The molecule has 0 saturated heterocycles. The molecule has 0 aliphatic carbocycles. The maximum absolute atomic E-state index is 12.3. The number of anilines is 1.